The molecule has 1 N–H and O–H groups in total. The monoisotopic (exact) mass is 286 g/mol. The molecule has 0 aliphatic carbocycles. The second-order valence-electron chi connectivity index (χ2n) is 5.11. The summed E-state index contributed by atoms with van der Waals surface area (Å²) in [7, 11) is 3.50. The molecule has 20 heavy (non-hydrogen) atoms. The molecule has 2 rings (SSSR count). The third-order valence-corrected chi connectivity index (χ3v) is 3.64. The molecule has 112 valence electrons. The van der Waals surface area contributed by atoms with E-state index >= 15 is 0 Å². The van der Waals surface area contributed by atoms with Crippen LogP contribution >= 0.6 is 0 Å². The van der Waals surface area contributed by atoms with Gasteiger partial charge in [0.25, 0.3) is 0 Å². The van der Waals surface area contributed by atoms with Crippen LogP contribution in [0.1, 0.15) is 13.3 Å². The molecule has 2 unspecified atom stereocenters. The number of hydrogen-bond acceptors (Lipinski definition) is 4. The lowest BCUT2D eigenvalue weighted by molar-refractivity contribution is -0.0511. The lowest BCUT2D eigenvalue weighted by atomic mass is 10.2. The number of hydrogen-bond donors (Lipinski definition) is 1. The lowest BCUT2D eigenvalue weighted by Gasteiger charge is -2.16. The van der Waals surface area contributed by atoms with Crippen molar-refractivity contribution in [3.63, 3.8) is 0 Å². The van der Waals surface area contributed by atoms with Crippen LogP contribution in [0.2, 0.25) is 0 Å². The third kappa shape index (κ3) is 3.50. The zero-order chi connectivity index (χ0) is 14.7. The van der Waals surface area contributed by atoms with E-state index in [9.17, 15) is 8.78 Å². The second-order valence-corrected chi connectivity index (χ2v) is 5.11. The van der Waals surface area contributed by atoms with Gasteiger partial charge in [-0.25, -0.2) is 0 Å². The molecular formula is C14H20F2N2O2. The number of rotatable bonds is 5. The normalized spacial score (nSPS) is 23.1. The highest BCUT2D eigenvalue weighted by molar-refractivity contribution is 5.55. The Bertz CT molecular complexity index is 447. The molecule has 6 heteroatoms. The van der Waals surface area contributed by atoms with Crippen molar-refractivity contribution < 1.29 is 18.3 Å². The predicted molar refractivity (Wildman–Crippen MR) is 73.7 cm³/mol. The van der Waals surface area contributed by atoms with E-state index in [-0.39, 0.29) is 5.75 Å². The molecule has 1 saturated heterocycles. The number of methoxy groups -OCH3 is 1. The van der Waals surface area contributed by atoms with Crippen molar-refractivity contribution in [3.05, 3.63) is 18.2 Å². The molecule has 1 aromatic rings. The van der Waals surface area contributed by atoms with Crippen molar-refractivity contribution >= 4 is 5.69 Å². The molecule has 0 saturated carbocycles. The van der Waals surface area contributed by atoms with Crippen molar-refractivity contribution in [3.8, 4) is 11.5 Å². The van der Waals surface area contributed by atoms with Gasteiger partial charge >= 0.3 is 6.61 Å². The quantitative estimate of drug-likeness (QED) is 0.902. The van der Waals surface area contributed by atoms with Crippen LogP contribution in [0.5, 0.6) is 11.5 Å². The van der Waals surface area contributed by atoms with Gasteiger partial charge in [-0.15, -0.1) is 0 Å². The van der Waals surface area contributed by atoms with E-state index in [1.807, 2.05) is 0 Å². The van der Waals surface area contributed by atoms with Gasteiger partial charge in [-0.05, 0) is 32.5 Å². The first-order chi connectivity index (χ1) is 9.49. The highest BCUT2D eigenvalue weighted by Gasteiger charge is 2.26. The summed E-state index contributed by atoms with van der Waals surface area (Å²) in [4.78, 5) is 2.26. The fraction of sp³-hybridized carbons (Fsp3) is 0.571. The molecule has 0 radical (unpaired) electrons. The Kier molecular flexibility index (Phi) is 4.65. The molecule has 0 spiro atoms. The standard InChI is InChI=1S/C14H20F2N2O2/c1-9-6-11(8-18(9)2)17-10-4-5-12(19-3)13(7-10)20-14(15)16/h4-5,7,9,11,14,17H,6,8H2,1-3H3. The first-order valence-electron chi connectivity index (χ1n) is 6.59. The van der Waals surface area contributed by atoms with E-state index in [1.54, 1.807) is 18.2 Å². The molecule has 1 aromatic carbocycles. The molecule has 0 aromatic heterocycles. The smallest absolute Gasteiger partial charge is 0.387 e. The topological polar surface area (TPSA) is 33.7 Å². The van der Waals surface area contributed by atoms with Crippen LogP contribution in [0.4, 0.5) is 14.5 Å². The summed E-state index contributed by atoms with van der Waals surface area (Å²) < 4.78 is 34.2. The van der Waals surface area contributed by atoms with Gasteiger partial charge in [0.1, 0.15) is 0 Å². The number of benzene rings is 1. The van der Waals surface area contributed by atoms with Gasteiger partial charge in [-0.3, -0.25) is 0 Å². The molecule has 1 fully saturated rings. The van der Waals surface area contributed by atoms with Gasteiger partial charge < -0.3 is 19.7 Å². The van der Waals surface area contributed by atoms with Gasteiger partial charge in [0.05, 0.1) is 7.11 Å². The summed E-state index contributed by atoms with van der Waals surface area (Å²) in [5.41, 5.74) is 0.758. The fourth-order valence-electron chi connectivity index (χ4n) is 2.49. The number of alkyl halides is 2. The molecule has 4 nitrogen and oxygen atoms in total. The Morgan fingerprint density at radius 2 is 2.10 bits per heavy atom. The van der Waals surface area contributed by atoms with Crippen molar-refractivity contribution in [1.82, 2.24) is 4.90 Å². The van der Waals surface area contributed by atoms with E-state index in [2.05, 4.69) is 28.9 Å². The highest BCUT2D eigenvalue weighted by atomic mass is 19.3. The van der Waals surface area contributed by atoms with Crippen LogP contribution in [0.25, 0.3) is 0 Å². The Morgan fingerprint density at radius 3 is 2.65 bits per heavy atom. The summed E-state index contributed by atoms with van der Waals surface area (Å²) in [6, 6.07) is 5.81. The van der Waals surface area contributed by atoms with Gasteiger partial charge in [0.2, 0.25) is 0 Å². The van der Waals surface area contributed by atoms with E-state index in [4.69, 9.17) is 4.74 Å². The van der Waals surface area contributed by atoms with Gasteiger partial charge in [-0.2, -0.15) is 8.78 Å². The second kappa shape index (κ2) is 6.26. The van der Waals surface area contributed by atoms with Crippen molar-refractivity contribution in [2.75, 3.05) is 26.0 Å². The zero-order valence-corrected chi connectivity index (χ0v) is 11.9. The first-order valence-corrected chi connectivity index (χ1v) is 6.59. The number of nitrogens with zero attached hydrogens (tertiary/aromatic N) is 1. The lowest BCUT2D eigenvalue weighted by Crippen LogP contribution is -2.24. The summed E-state index contributed by atoms with van der Waals surface area (Å²) in [6.07, 6.45) is 1.02. The summed E-state index contributed by atoms with van der Waals surface area (Å²) in [5.74, 6) is 0.347. The van der Waals surface area contributed by atoms with Gasteiger partial charge in [0.15, 0.2) is 11.5 Å². The van der Waals surface area contributed by atoms with Crippen LogP contribution in [0.3, 0.4) is 0 Å². The number of halogens is 2. The molecule has 0 amide bonds. The van der Waals surface area contributed by atoms with Crippen molar-refractivity contribution in [2.24, 2.45) is 0 Å². The fourth-order valence-corrected chi connectivity index (χ4v) is 2.49. The Morgan fingerprint density at radius 1 is 1.35 bits per heavy atom. The molecule has 1 aliphatic rings. The highest BCUT2D eigenvalue weighted by Crippen LogP contribution is 2.32. The molecule has 1 heterocycles. The molecule has 0 bridgehead atoms. The predicted octanol–water partition coefficient (Wildman–Crippen LogP) is 2.80. The van der Waals surface area contributed by atoms with Crippen molar-refractivity contribution in [2.45, 2.75) is 32.0 Å². The number of anilines is 1. The summed E-state index contributed by atoms with van der Waals surface area (Å²) in [6.45, 7) is 0.232. The van der Waals surface area contributed by atoms with Gasteiger partial charge in [-0.1, -0.05) is 0 Å². The van der Waals surface area contributed by atoms with E-state index in [1.165, 1.54) is 7.11 Å². The minimum absolute atomic E-state index is 0.0481. The number of nitrogens with one attached hydrogen (secondary N) is 1. The van der Waals surface area contributed by atoms with E-state index < -0.39 is 6.61 Å². The average molecular weight is 286 g/mol. The number of likely N-dealkylation sites (N-methyl/N-ethyl adjacent to an activating group) is 1. The van der Waals surface area contributed by atoms with Gasteiger partial charge in [0, 0.05) is 30.4 Å². The van der Waals surface area contributed by atoms with E-state index in [0.29, 0.717) is 17.8 Å². The summed E-state index contributed by atoms with van der Waals surface area (Å²) >= 11 is 0. The Balaban J connectivity index is 2.08. The van der Waals surface area contributed by atoms with Crippen LogP contribution < -0.4 is 14.8 Å². The largest absolute Gasteiger partial charge is 0.493 e. The molecule has 2 atom stereocenters. The van der Waals surface area contributed by atoms with Crippen LogP contribution in [0.15, 0.2) is 18.2 Å². The Labute approximate surface area is 117 Å². The maximum atomic E-state index is 12.4. The van der Waals surface area contributed by atoms with Crippen molar-refractivity contribution in [1.29, 1.82) is 0 Å². The zero-order valence-electron chi connectivity index (χ0n) is 11.9. The maximum absolute atomic E-state index is 12.4. The third-order valence-electron chi connectivity index (χ3n) is 3.64. The van der Waals surface area contributed by atoms with Crippen LogP contribution in [-0.2, 0) is 0 Å². The van der Waals surface area contributed by atoms with Crippen LogP contribution in [0, 0.1) is 0 Å². The number of likely N-dealkylation sites (tertiary alicyclic amines) is 1. The van der Waals surface area contributed by atoms with E-state index in [0.717, 1.165) is 18.7 Å². The summed E-state index contributed by atoms with van der Waals surface area (Å²) in [5, 5.41) is 3.34. The molecule has 1 aliphatic heterocycles. The average Bonchev–Trinajstić information content (AvgIpc) is 2.68. The number of ether oxygens (including phenoxy) is 2. The first kappa shape index (κ1) is 14.8. The SMILES string of the molecule is COc1ccc(NC2CC(C)N(C)C2)cc1OC(F)F. The van der Waals surface area contributed by atoms with Crippen LogP contribution in [-0.4, -0.2) is 44.3 Å². The Hall–Kier alpha value is -1.56. The minimum atomic E-state index is -2.86. The minimum Gasteiger partial charge on any atom is -0.493 e. The maximum Gasteiger partial charge on any atom is 0.387 e. The molecular weight excluding hydrogens is 266 g/mol.